The second-order valence-corrected chi connectivity index (χ2v) is 3.86. The zero-order valence-corrected chi connectivity index (χ0v) is 8.83. The largest absolute Gasteiger partial charge is 0.267 e. The zero-order chi connectivity index (χ0) is 9.97. The van der Waals surface area contributed by atoms with Crippen molar-refractivity contribution in [3.63, 3.8) is 0 Å². The molecule has 2 aromatic rings. The summed E-state index contributed by atoms with van der Waals surface area (Å²) in [5.41, 5.74) is 1.15. The van der Waals surface area contributed by atoms with Crippen molar-refractivity contribution in [1.29, 1.82) is 0 Å². The summed E-state index contributed by atoms with van der Waals surface area (Å²) in [5.74, 6) is 0. The Balaban J connectivity index is 2.15. The summed E-state index contributed by atoms with van der Waals surface area (Å²) in [4.78, 5) is 0. The number of rotatable bonds is 2. The maximum absolute atomic E-state index is 5.78. The summed E-state index contributed by atoms with van der Waals surface area (Å²) in [6.45, 7) is 0.712. The lowest BCUT2D eigenvalue weighted by molar-refractivity contribution is 0.687. The van der Waals surface area contributed by atoms with Crippen LogP contribution in [0.15, 0.2) is 36.7 Å². The van der Waals surface area contributed by atoms with Gasteiger partial charge in [-0.15, -0.1) is 0 Å². The third-order valence-electron chi connectivity index (χ3n) is 1.86. The van der Waals surface area contributed by atoms with Crippen LogP contribution in [0, 0.1) is 0 Å². The van der Waals surface area contributed by atoms with Gasteiger partial charge in [0.1, 0.15) is 0 Å². The Morgan fingerprint density at radius 1 is 1.07 bits per heavy atom. The molecule has 72 valence electrons. The molecule has 0 saturated carbocycles. The van der Waals surface area contributed by atoms with Gasteiger partial charge in [0, 0.05) is 11.2 Å². The number of halogens is 2. The van der Waals surface area contributed by atoms with E-state index < -0.39 is 0 Å². The quantitative estimate of drug-likeness (QED) is 0.769. The van der Waals surface area contributed by atoms with E-state index in [1.807, 2.05) is 24.3 Å². The van der Waals surface area contributed by atoms with Crippen LogP contribution in [0.1, 0.15) is 5.56 Å². The van der Waals surface area contributed by atoms with Crippen LogP contribution in [0.3, 0.4) is 0 Å². The van der Waals surface area contributed by atoms with Crippen molar-refractivity contribution >= 4 is 23.2 Å². The molecule has 2 nitrogen and oxygen atoms in total. The Labute approximate surface area is 92.1 Å². The first-order valence-corrected chi connectivity index (χ1v) is 4.92. The van der Waals surface area contributed by atoms with E-state index in [-0.39, 0.29) is 0 Å². The molecule has 0 aliphatic rings. The Hall–Kier alpha value is -0.990. The van der Waals surface area contributed by atoms with Crippen molar-refractivity contribution < 1.29 is 0 Å². The highest BCUT2D eigenvalue weighted by atomic mass is 35.5. The van der Waals surface area contributed by atoms with Crippen LogP contribution in [-0.4, -0.2) is 9.78 Å². The summed E-state index contributed by atoms with van der Waals surface area (Å²) in [5, 5.41) is 5.48. The van der Waals surface area contributed by atoms with E-state index in [2.05, 4.69) is 5.10 Å². The maximum atomic E-state index is 5.78. The first kappa shape index (κ1) is 9.56. The number of nitrogens with zero attached hydrogens (tertiary/aromatic N) is 2. The van der Waals surface area contributed by atoms with Crippen molar-refractivity contribution in [2.75, 3.05) is 0 Å². The van der Waals surface area contributed by atoms with E-state index in [9.17, 15) is 0 Å². The topological polar surface area (TPSA) is 17.8 Å². The SMILES string of the molecule is Clc1ccc(Cn2cc(Cl)cn2)cc1. The molecule has 14 heavy (non-hydrogen) atoms. The van der Waals surface area contributed by atoms with Crippen LogP contribution in [0.4, 0.5) is 0 Å². The van der Waals surface area contributed by atoms with Gasteiger partial charge in [-0.3, -0.25) is 4.68 Å². The number of hydrogen-bond donors (Lipinski definition) is 0. The summed E-state index contributed by atoms with van der Waals surface area (Å²) in [6.07, 6.45) is 3.41. The normalized spacial score (nSPS) is 10.4. The molecule has 0 N–H and O–H groups in total. The first-order chi connectivity index (χ1) is 6.74. The molecule has 1 aromatic carbocycles. The van der Waals surface area contributed by atoms with Crippen molar-refractivity contribution in [1.82, 2.24) is 9.78 Å². The van der Waals surface area contributed by atoms with E-state index >= 15 is 0 Å². The van der Waals surface area contributed by atoms with E-state index in [1.165, 1.54) is 0 Å². The van der Waals surface area contributed by atoms with Crippen molar-refractivity contribution in [3.8, 4) is 0 Å². The molecule has 1 aromatic heterocycles. The lowest BCUT2D eigenvalue weighted by Crippen LogP contribution is -1.99. The standard InChI is InChI=1S/C10H8Cl2N2/c11-9-3-1-8(2-4-9)6-14-7-10(12)5-13-14/h1-5,7H,6H2. The van der Waals surface area contributed by atoms with Crippen LogP contribution in [-0.2, 0) is 6.54 Å². The maximum Gasteiger partial charge on any atom is 0.0785 e. The number of hydrogen-bond acceptors (Lipinski definition) is 1. The molecule has 1 heterocycles. The van der Waals surface area contributed by atoms with Gasteiger partial charge in [-0.05, 0) is 17.7 Å². The van der Waals surface area contributed by atoms with Crippen LogP contribution < -0.4 is 0 Å². The molecule has 0 fully saturated rings. The van der Waals surface area contributed by atoms with Gasteiger partial charge in [-0.25, -0.2) is 0 Å². The molecule has 0 radical (unpaired) electrons. The Bertz CT molecular complexity index is 420. The second-order valence-electron chi connectivity index (χ2n) is 2.98. The highest BCUT2D eigenvalue weighted by molar-refractivity contribution is 6.30. The van der Waals surface area contributed by atoms with E-state index in [4.69, 9.17) is 23.2 Å². The van der Waals surface area contributed by atoms with E-state index in [1.54, 1.807) is 17.1 Å². The Kier molecular flexibility index (Phi) is 2.75. The monoisotopic (exact) mass is 226 g/mol. The van der Waals surface area contributed by atoms with Crippen LogP contribution in [0.2, 0.25) is 10.0 Å². The zero-order valence-electron chi connectivity index (χ0n) is 7.32. The van der Waals surface area contributed by atoms with Gasteiger partial charge in [0.15, 0.2) is 0 Å². The molecule has 0 spiro atoms. The molecule has 0 aliphatic heterocycles. The average Bonchev–Trinajstić information content (AvgIpc) is 2.56. The van der Waals surface area contributed by atoms with E-state index in [0.29, 0.717) is 11.6 Å². The van der Waals surface area contributed by atoms with Gasteiger partial charge in [0.25, 0.3) is 0 Å². The minimum Gasteiger partial charge on any atom is -0.267 e. The molecule has 4 heteroatoms. The molecule has 0 unspecified atom stereocenters. The highest BCUT2D eigenvalue weighted by Gasteiger charge is 1.97. The van der Waals surface area contributed by atoms with Crippen molar-refractivity contribution in [2.24, 2.45) is 0 Å². The summed E-state index contributed by atoms with van der Waals surface area (Å²) < 4.78 is 1.78. The van der Waals surface area contributed by atoms with Gasteiger partial charge in [-0.1, -0.05) is 35.3 Å². The van der Waals surface area contributed by atoms with Gasteiger partial charge < -0.3 is 0 Å². The molecule has 0 atom stereocenters. The summed E-state index contributed by atoms with van der Waals surface area (Å²) in [6, 6.07) is 7.67. The lowest BCUT2D eigenvalue weighted by Gasteiger charge is -2.01. The predicted octanol–water partition coefficient (Wildman–Crippen LogP) is 3.24. The fourth-order valence-corrected chi connectivity index (χ4v) is 1.48. The molecule has 0 saturated heterocycles. The van der Waals surface area contributed by atoms with E-state index in [0.717, 1.165) is 10.6 Å². The summed E-state index contributed by atoms with van der Waals surface area (Å²) in [7, 11) is 0. The number of benzene rings is 1. The molecular formula is C10H8Cl2N2. The Morgan fingerprint density at radius 3 is 2.36 bits per heavy atom. The molecular weight excluding hydrogens is 219 g/mol. The second kappa shape index (κ2) is 4.03. The highest BCUT2D eigenvalue weighted by Crippen LogP contribution is 2.11. The summed E-state index contributed by atoms with van der Waals surface area (Å²) >= 11 is 11.5. The minimum absolute atomic E-state index is 0.652. The van der Waals surface area contributed by atoms with Crippen LogP contribution in [0.25, 0.3) is 0 Å². The fraction of sp³-hybridized carbons (Fsp3) is 0.100. The van der Waals surface area contributed by atoms with Gasteiger partial charge in [0.2, 0.25) is 0 Å². The lowest BCUT2D eigenvalue weighted by atomic mass is 10.2. The molecule has 0 bridgehead atoms. The first-order valence-electron chi connectivity index (χ1n) is 4.16. The Morgan fingerprint density at radius 2 is 1.79 bits per heavy atom. The smallest absolute Gasteiger partial charge is 0.0785 e. The van der Waals surface area contributed by atoms with Crippen molar-refractivity contribution in [2.45, 2.75) is 6.54 Å². The molecule has 0 aliphatic carbocycles. The fourth-order valence-electron chi connectivity index (χ4n) is 1.20. The minimum atomic E-state index is 0.652. The average molecular weight is 227 g/mol. The van der Waals surface area contributed by atoms with Crippen LogP contribution in [0.5, 0.6) is 0 Å². The van der Waals surface area contributed by atoms with Crippen molar-refractivity contribution in [3.05, 3.63) is 52.3 Å². The third-order valence-corrected chi connectivity index (χ3v) is 2.31. The van der Waals surface area contributed by atoms with Gasteiger partial charge >= 0.3 is 0 Å². The molecule has 2 rings (SSSR count). The van der Waals surface area contributed by atoms with Gasteiger partial charge in [0.05, 0.1) is 17.8 Å². The number of aromatic nitrogens is 2. The third kappa shape index (κ3) is 2.28. The molecule has 0 amide bonds. The predicted molar refractivity (Wildman–Crippen MR) is 57.8 cm³/mol. The van der Waals surface area contributed by atoms with Crippen LogP contribution >= 0.6 is 23.2 Å². The van der Waals surface area contributed by atoms with Gasteiger partial charge in [-0.2, -0.15) is 5.10 Å².